The van der Waals surface area contributed by atoms with Crippen LogP contribution < -0.4 is 0 Å². The van der Waals surface area contributed by atoms with Crippen LogP contribution in [0.3, 0.4) is 0 Å². The summed E-state index contributed by atoms with van der Waals surface area (Å²) >= 11 is 0. The molecule has 0 aliphatic heterocycles. The van der Waals surface area contributed by atoms with Gasteiger partial charge in [-0.1, -0.05) is 6.92 Å². The van der Waals surface area contributed by atoms with Gasteiger partial charge >= 0.3 is 5.97 Å². The quantitative estimate of drug-likeness (QED) is 0.682. The van der Waals surface area contributed by atoms with Crippen LogP contribution in [0.25, 0.3) is 0 Å². The lowest BCUT2D eigenvalue weighted by molar-refractivity contribution is -0.141. The van der Waals surface area contributed by atoms with Gasteiger partial charge in [-0.25, -0.2) is 4.98 Å². The standard InChI is InChI=1S/C10H16N2O2/c1-4-10-11-8(2)7-12(10)5-6-14-9(3)13/h7H,4-6H2,1-3H3. The van der Waals surface area contributed by atoms with Crippen LogP contribution in [0.2, 0.25) is 0 Å². The van der Waals surface area contributed by atoms with Crippen LogP contribution in [0.5, 0.6) is 0 Å². The first kappa shape index (κ1) is 10.8. The average Bonchev–Trinajstić information content (AvgIpc) is 2.45. The van der Waals surface area contributed by atoms with E-state index < -0.39 is 0 Å². The molecule has 0 radical (unpaired) electrons. The molecule has 0 atom stereocenters. The second-order valence-corrected chi connectivity index (χ2v) is 3.19. The predicted octanol–water partition coefficient (Wildman–Crippen LogP) is 1.32. The first-order chi connectivity index (χ1) is 6.63. The molecule has 1 aromatic rings. The monoisotopic (exact) mass is 196 g/mol. The average molecular weight is 196 g/mol. The van der Waals surface area contributed by atoms with E-state index >= 15 is 0 Å². The van der Waals surface area contributed by atoms with Crippen molar-refractivity contribution in [1.29, 1.82) is 0 Å². The van der Waals surface area contributed by atoms with Crippen LogP contribution in [0.15, 0.2) is 6.20 Å². The van der Waals surface area contributed by atoms with Crippen LogP contribution in [-0.2, 0) is 22.5 Å². The maximum atomic E-state index is 10.5. The Morgan fingerprint density at radius 1 is 1.64 bits per heavy atom. The fourth-order valence-electron chi connectivity index (χ4n) is 1.36. The molecule has 1 heterocycles. The van der Waals surface area contributed by atoms with Gasteiger partial charge in [0.1, 0.15) is 12.4 Å². The van der Waals surface area contributed by atoms with Gasteiger partial charge in [0.2, 0.25) is 0 Å². The summed E-state index contributed by atoms with van der Waals surface area (Å²) in [5, 5.41) is 0. The lowest BCUT2D eigenvalue weighted by atomic mass is 10.4. The molecule has 0 saturated heterocycles. The Hall–Kier alpha value is -1.32. The smallest absolute Gasteiger partial charge is 0.302 e. The maximum Gasteiger partial charge on any atom is 0.302 e. The lowest BCUT2D eigenvalue weighted by Crippen LogP contribution is -2.10. The zero-order chi connectivity index (χ0) is 10.6. The molecule has 4 nitrogen and oxygen atoms in total. The van der Waals surface area contributed by atoms with Gasteiger partial charge in [-0.05, 0) is 6.92 Å². The van der Waals surface area contributed by atoms with Gasteiger partial charge in [-0.3, -0.25) is 4.79 Å². The second kappa shape index (κ2) is 4.79. The number of imidazole rings is 1. The molecule has 1 rings (SSSR count). The van der Waals surface area contributed by atoms with Crippen LogP contribution in [-0.4, -0.2) is 22.1 Å². The van der Waals surface area contributed by atoms with E-state index in [2.05, 4.69) is 11.9 Å². The van der Waals surface area contributed by atoms with Crippen molar-refractivity contribution in [3.05, 3.63) is 17.7 Å². The van der Waals surface area contributed by atoms with E-state index in [1.165, 1.54) is 6.92 Å². The van der Waals surface area contributed by atoms with E-state index in [1.54, 1.807) is 0 Å². The molecule has 14 heavy (non-hydrogen) atoms. The molecule has 1 aromatic heterocycles. The Labute approximate surface area is 83.9 Å². The highest BCUT2D eigenvalue weighted by Crippen LogP contribution is 2.03. The van der Waals surface area contributed by atoms with E-state index in [-0.39, 0.29) is 5.97 Å². The summed E-state index contributed by atoms with van der Waals surface area (Å²) in [4.78, 5) is 14.9. The van der Waals surface area contributed by atoms with E-state index in [0.29, 0.717) is 13.2 Å². The summed E-state index contributed by atoms with van der Waals surface area (Å²) in [6.07, 6.45) is 2.87. The zero-order valence-electron chi connectivity index (χ0n) is 8.91. The van der Waals surface area contributed by atoms with Crippen molar-refractivity contribution in [1.82, 2.24) is 9.55 Å². The molecule has 4 heteroatoms. The van der Waals surface area contributed by atoms with Crippen LogP contribution in [0.1, 0.15) is 25.4 Å². The normalized spacial score (nSPS) is 10.2. The largest absolute Gasteiger partial charge is 0.464 e. The predicted molar refractivity (Wildman–Crippen MR) is 53.0 cm³/mol. The zero-order valence-corrected chi connectivity index (χ0v) is 8.91. The van der Waals surface area contributed by atoms with Gasteiger partial charge in [-0.2, -0.15) is 0 Å². The number of hydrogen-bond acceptors (Lipinski definition) is 3. The molecule has 0 bridgehead atoms. The third-order valence-electron chi connectivity index (χ3n) is 1.93. The number of nitrogens with zero attached hydrogens (tertiary/aromatic N) is 2. The molecule has 0 fully saturated rings. The summed E-state index contributed by atoms with van der Waals surface area (Å²) < 4.78 is 6.89. The molecule has 78 valence electrons. The highest BCUT2D eigenvalue weighted by Gasteiger charge is 2.03. The fraction of sp³-hybridized carbons (Fsp3) is 0.600. The summed E-state index contributed by atoms with van der Waals surface area (Å²) in [7, 11) is 0. The van der Waals surface area contributed by atoms with Crippen LogP contribution in [0.4, 0.5) is 0 Å². The molecule has 0 aromatic carbocycles. The summed E-state index contributed by atoms with van der Waals surface area (Å²) in [6, 6.07) is 0. The Morgan fingerprint density at radius 3 is 2.93 bits per heavy atom. The Morgan fingerprint density at radius 2 is 2.36 bits per heavy atom. The summed E-state index contributed by atoms with van der Waals surface area (Å²) in [6.45, 7) is 6.53. The molecule has 0 N–H and O–H groups in total. The van der Waals surface area contributed by atoms with Gasteiger partial charge in [-0.15, -0.1) is 0 Å². The molecular weight excluding hydrogens is 180 g/mol. The number of aromatic nitrogens is 2. The molecule has 0 unspecified atom stereocenters. The first-order valence-electron chi connectivity index (χ1n) is 4.79. The molecule has 0 aliphatic rings. The lowest BCUT2D eigenvalue weighted by Gasteiger charge is -2.05. The fourth-order valence-corrected chi connectivity index (χ4v) is 1.36. The first-order valence-corrected chi connectivity index (χ1v) is 4.79. The van der Waals surface area contributed by atoms with Crippen molar-refractivity contribution in [2.75, 3.05) is 6.61 Å². The number of carbonyl (C=O) groups is 1. The molecule has 0 aliphatic carbocycles. The van der Waals surface area contributed by atoms with Crippen molar-refractivity contribution in [2.45, 2.75) is 33.7 Å². The number of ether oxygens (including phenoxy) is 1. The van der Waals surface area contributed by atoms with Gasteiger partial charge < -0.3 is 9.30 Å². The van der Waals surface area contributed by atoms with Crippen LogP contribution >= 0.6 is 0 Å². The third kappa shape index (κ3) is 2.87. The topological polar surface area (TPSA) is 44.1 Å². The maximum absolute atomic E-state index is 10.5. The summed E-state index contributed by atoms with van der Waals surface area (Å²) in [5.74, 6) is 0.800. The minimum absolute atomic E-state index is 0.236. The van der Waals surface area contributed by atoms with Crippen molar-refractivity contribution in [2.24, 2.45) is 0 Å². The number of hydrogen-bond donors (Lipinski definition) is 0. The highest BCUT2D eigenvalue weighted by atomic mass is 16.5. The van der Waals surface area contributed by atoms with E-state index in [9.17, 15) is 4.79 Å². The van der Waals surface area contributed by atoms with Crippen molar-refractivity contribution in [3.8, 4) is 0 Å². The van der Waals surface area contributed by atoms with Crippen molar-refractivity contribution in [3.63, 3.8) is 0 Å². The molecule has 0 amide bonds. The minimum Gasteiger partial charge on any atom is -0.464 e. The third-order valence-corrected chi connectivity index (χ3v) is 1.93. The molecule has 0 spiro atoms. The number of aryl methyl sites for hydroxylation is 2. The van der Waals surface area contributed by atoms with E-state index in [1.807, 2.05) is 17.7 Å². The minimum atomic E-state index is -0.236. The highest BCUT2D eigenvalue weighted by molar-refractivity contribution is 5.65. The van der Waals surface area contributed by atoms with Crippen LogP contribution in [0, 0.1) is 6.92 Å². The van der Waals surface area contributed by atoms with Gasteiger partial charge in [0.15, 0.2) is 0 Å². The Bertz CT molecular complexity index is 318. The summed E-state index contributed by atoms with van der Waals surface area (Å²) in [5.41, 5.74) is 1.00. The number of carbonyl (C=O) groups excluding carboxylic acids is 1. The Kier molecular flexibility index (Phi) is 3.68. The number of rotatable bonds is 4. The van der Waals surface area contributed by atoms with Gasteiger partial charge in [0, 0.05) is 19.5 Å². The van der Waals surface area contributed by atoms with E-state index in [4.69, 9.17) is 4.74 Å². The SMILES string of the molecule is CCc1nc(C)cn1CCOC(C)=O. The van der Waals surface area contributed by atoms with Crippen molar-refractivity contribution < 1.29 is 9.53 Å². The van der Waals surface area contributed by atoms with Gasteiger partial charge in [0.25, 0.3) is 0 Å². The second-order valence-electron chi connectivity index (χ2n) is 3.19. The molecule has 0 saturated carbocycles. The van der Waals surface area contributed by atoms with E-state index in [0.717, 1.165) is 17.9 Å². The Balaban J connectivity index is 2.52. The number of esters is 1. The van der Waals surface area contributed by atoms with Gasteiger partial charge in [0.05, 0.1) is 12.2 Å². The molecular formula is C10H16N2O2. The van der Waals surface area contributed by atoms with Crippen molar-refractivity contribution >= 4 is 5.97 Å².